The minimum atomic E-state index is 0.502. The van der Waals surface area contributed by atoms with Crippen LogP contribution in [0.25, 0.3) is 0 Å². The van der Waals surface area contributed by atoms with E-state index in [9.17, 15) is 0 Å². The van der Waals surface area contributed by atoms with Gasteiger partial charge in [-0.3, -0.25) is 0 Å². The summed E-state index contributed by atoms with van der Waals surface area (Å²) in [6.07, 6.45) is 4.41. The van der Waals surface area contributed by atoms with Gasteiger partial charge in [-0.15, -0.1) is 0 Å². The maximum atomic E-state index is 5.41. The van der Waals surface area contributed by atoms with Crippen molar-refractivity contribution in [3.05, 3.63) is 0 Å². The molecular weight excluding hydrogens is 172 g/mol. The van der Waals surface area contributed by atoms with E-state index in [0.717, 1.165) is 30.3 Å². The fourth-order valence-electron chi connectivity index (χ4n) is 4.02. The maximum absolute atomic E-state index is 5.41. The lowest BCUT2D eigenvalue weighted by molar-refractivity contribution is -0.0294. The Bertz CT molecular complexity index is 209. The van der Waals surface area contributed by atoms with E-state index in [0.29, 0.717) is 5.41 Å². The number of hydrogen-bond donors (Lipinski definition) is 0. The lowest BCUT2D eigenvalue weighted by atomic mass is 9.59. The number of rotatable bonds is 2. The Morgan fingerprint density at radius 3 is 2.64 bits per heavy atom. The van der Waals surface area contributed by atoms with Crippen LogP contribution in [0.2, 0.25) is 0 Å². The van der Waals surface area contributed by atoms with E-state index in [4.69, 9.17) is 4.74 Å². The third kappa shape index (κ3) is 1.41. The second kappa shape index (κ2) is 3.52. The predicted molar refractivity (Wildman–Crippen MR) is 59.1 cm³/mol. The zero-order valence-electron chi connectivity index (χ0n) is 10.0. The molecule has 0 aromatic rings. The van der Waals surface area contributed by atoms with Crippen molar-refractivity contribution < 1.29 is 4.74 Å². The third-order valence-electron chi connectivity index (χ3n) is 5.21. The van der Waals surface area contributed by atoms with Gasteiger partial charge in [0.25, 0.3) is 0 Å². The molecule has 0 radical (unpaired) electrons. The van der Waals surface area contributed by atoms with Crippen LogP contribution >= 0.6 is 0 Å². The molecule has 2 fully saturated rings. The summed E-state index contributed by atoms with van der Waals surface area (Å²) in [6, 6.07) is 0. The van der Waals surface area contributed by atoms with Crippen molar-refractivity contribution in [1.82, 2.24) is 0 Å². The summed E-state index contributed by atoms with van der Waals surface area (Å²) in [7, 11) is 1.85. The minimum absolute atomic E-state index is 0.502. The Labute approximate surface area is 88.2 Å². The van der Waals surface area contributed by atoms with Crippen LogP contribution in [0.5, 0.6) is 0 Å². The number of hydrogen-bond acceptors (Lipinski definition) is 1. The first-order valence-electron chi connectivity index (χ1n) is 6.06. The molecule has 2 saturated carbocycles. The van der Waals surface area contributed by atoms with Crippen LogP contribution in [-0.2, 0) is 4.74 Å². The van der Waals surface area contributed by atoms with Crippen LogP contribution in [0, 0.1) is 29.1 Å². The van der Waals surface area contributed by atoms with E-state index in [1.54, 1.807) is 0 Å². The average Bonchev–Trinajstić information content (AvgIpc) is 2.58. The molecule has 0 spiro atoms. The molecule has 0 saturated heterocycles. The summed E-state index contributed by atoms with van der Waals surface area (Å²) in [5.41, 5.74) is 0.502. The highest BCUT2D eigenvalue weighted by Gasteiger charge is 2.50. The SMILES string of the molecule is COCC1C(C)[C@H]2CC[C@@H](C2)C1(C)C. The summed E-state index contributed by atoms with van der Waals surface area (Å²) in [5.74, 6) is 3.60. The normalized spacial score (nSPS) is 45.4. The molecule has 14 heavy (non-hydrogen) atoms. The van der Waals surface area contributed by atoms with Gasteiger partial charge in [-0.2, -0.15) is 0 Å². The maximum Gasteiger partial charge on any atom is 0.0498 e. The van der Waals surface area contributed by atoms with Gasteiger partial charge in [-0.05, 0) is 48.3 Å². The van der Waals surface area contributed by atoms with E-state index < -0.39 is 0 Å². The van der Waals surface area contributed by atoms with Gasteiger partial charge in [-0.25, -0.2) is 0 Å². The Morgan fingerprint density at radius 2 is 2.00 bits per heavy atom. The second-order valence-corrected chi connectivity index (χ2v) is 6.01. The molecule has 0 amide bonds. The molecule has 2 bridgehead atoms. The van der Waals surface area contributed by atoms with Crippen LogP contribution in [-0.4, -0.2) is 13.7 Å². The fraction of sp³-hybridized carbons (Fsp3) is 1.00. The molecule has 0 aromatic carbocycles. The molecular formula is C13H24O. The lowest BCUT2D eigenvalue weighted by Gasteiger charge is -2.47. The van der Waals surface area contributed by atoms with Gasteiger partial charge < -0.3 is 4.74 Å². The summed E-state index contributed by atoms with van der Waals surface area (Å²) in [6.45, 7) is 8.32. The minimum Gasteiger partial charge on any atom is -0.384 e. The van der Waals surface area contributed by atoms with Crippen molar-refractivity contribution in [1.29, 1.82) is 0 Å². The molecule has 0 N–H and O–H groups in total. The Hall–Kier alpha value is -0.0400. The number of methoxy groups -OCH3 is 1. The van der Waals surface area contributed by atoms with Crippen LogP contribution in [0.15, 0.2) is 0 Å². The molecule has 82 valence electrons. The van der Waals surface area contributed by atoms with Crippen LogP contribution in [0.4, 0.5) is 0 Å². The quantitative estimate of drug-likeness (QED) is 0.658. The second-order valence-electron chi connectivity index (χ2n) is 6.01. The lowest BCUT2D eigenvalue weighted by Crippen LogP contribution is -2.43. The number of fused-ring (bicyclic) bond motifs is 2. The smallest absolute Gasteiger partial charge is 0.0498 e. The van der Waals surface area contributed by atoms with Gasteiger partial charge in [0.1, 0.15) is 0 Å². The molecule has 2 aliphatic rings. The summed E-state index contributed by atoms with van der Waals surface area (Å²) in [4.78, 5) is 0. The molecule has 2 unspecified atom stereocenters. The summed E-state index contributed by atoms with van der Waals surface area (Å²) < 4.78 is 5.41. The monoisotopic (exact) mass is 196 g/mol. The van der Waals surface area contributed by atoms with Gasteiger partial charge in [0.2, 0.25) is 0 Å². The highest BCUT2D eigenvalue weighted by molar-refractivity contribution is 4.99. The largest absolute Gasteiger partial charge is 0.384 e. The summed E-state index contributed by atoms with van der Waals surface area (Å²) in [5, 5.41) is 0. The standard InChI is InChI=1S/C13H24O/c1-9-10-5-6-11(7-10)13(2,3)12(9)8-14-4/h9-12H,5-8H2,1-4H3/t9?,10-,11-,12?/m0/s1. The highest BCUT2D eigenvalue weighted by Crippen LogP contribution is 2.57. The van der Waals surface area contributed by atoms with Crippen LogP contribution in [0.1, 0.15) is 40.0 Å². The zero-order chi connectivity index (χ0) is 10.3. The Morgan fingerprint density at radius 1 is 1.29 bits per heavy atom. The molecule has 0 aromatic heterocycles. The van der Waals surface area contributed by atoms with Crippen molar-refractivity contribution in [2.24, 2.45) is 29.1 Å². The zero-order valence-corrected chi connectivity index (χ0v) is 10.0. The van der Waals surface area contributed by atoms with Gasteiger partial charge >= 0.3 is 0 Å². The Kier molecular flexibility index (Phi) is 2.63. The predicted octanol–water partition coefficient (Wildman–Crippen LogP) is 3.34. The molecule has 4 atom stereocenters. The van der Waals surface area contributed by atoms with Crippen molar-refractivity contribution in [3.63, 3.8) is 0 Å². The van der Waals surface area contributed by atoms with Gasteiger partial charge in [0.05, 0.1) is 0 Å². The highest BCUT2D eigenvalue weighted by atomic mass is 16.5. The molecule has 2 rings (SSSR count). The van der Waals surface area contributed by atoms with E-state index in [1.165, 1.54) is 19.3 Å². The van der Waals surface area contributed by atoms with E-state index >= 15 is 0 Å². The van der Waals surface area contributed by atoms with Gasteiger partial charge in [0.15, 0.2) is 0 Å². The molecule has 1 heteroatoms. The number of ether oxygens (including phenoxy) is 1. The summed E-state index contributed by atoms with van der Waals surface area (Å²) >= 11 is 0. The molecule has 1 nitrogen and oxygen atoms in total. The van der Waals surface area contributed by atoms with E-state index in [2.05, 4.69) is 20.8 Å². The first kappa shape index (κ1) is 10.5. The molecule has 0 aliphatic heterocycles. The molecule has 2 aliphatic carbocycles. The van der Waals surface area contributed by atoms with Gasteiger partial charge in [-0.1, -0.05) is 20.8 Å². The third-order valence-corrected chi connectivity index (χ3v) is 5.21. The fourth-order valence-corrected chi connectivity index (χ4v) is 4.02. The van der Waals surface area contributed by atoms with Crippen LogP contribution in [0.3, 0.4) is 0 Å². The average molecular weight is 196 g/mol. The topological polar surface area (TPSA) is 9.23 Å². The molecule has 0 heterocycles. The van der Waals surface area contributed by atoms with Crippen LogP contribution < -0.4 is 0 Å². The van der Waals surface area contributed by atoms with Crippen molar-refractivity contribution in [2.75, 3.05) is 13.7 Å². The first-order valence-corrected chi connectivity index (χ1v) is 6.06. The van der Waals surface area contributed by atoms with E-state index in [1.807, 2.05) is 7.11 Å². The van der Waals surface area contributed by atoms with Crippen molar-refractivity contribution >= 4 is 0 Å². The Balaban J connectivity index is 2.20. The van der Waals surface area contributed by atoms with E-state index in [-0.39, 0.29) is 0 Å². The van der Waals surface area contributed by atoms with Crippen molar-refractivity contribution in [3.8, 4) is 0 Å². The first-order chi connectivity index (χ1) is 6.57. The van der Waals surface area contributed by atoms with Crippen molar-refractivity contribution in [2.45, 2.75) is 40.0 Å². The van der Waals surface area contributed by atoms with Gasteiger partial charge in [0, 0.05) is 13.7 Å².